The zero-order chi connectivity index (χ0) is 101. The SMILES string of the molecule is Fc1cccc(-c2cncc3[nH]c(-c4n[nH]c5ccc(-c6cncc(CN7CCC7)c6)cc45)nc23)c1.Fc1cccc(-c2cncc3[nH]c(-c4n[nH]c5ccc(-c6cncc(CN7CCCC7)c6)cc45)nc23)c1.Fc1cccc(-c2cncc3[nH]c(-c4n[nH]c5ccc(-c6cncc(CN7CCCCC7)c6)cc45)nc23)c1.OC1CCN(Cc2cncc(-c3ccc4[nH]nc(-c5nc6c(-c7cccc(F)c7)cncc6[nH]5)c4c3)c2)CC1. The highest BCUT2D eigenvalue weighted by Crippen LogP contribution is 2.42. The van der Waals surface area contributed by atoms with Gasteiger partial charge in [-0.3, -0.25) is 79.9 Å². The minimum absolute atomic E-state index is 0.183. The maximum absolute atomic E-state index is 13.9. The van der Waals surface area contributed by atoms with Crippen molar-refractivity contribution in [1.82, 2.24) is 140 Å². The number of benzene rings is 8. The summed E-state index contributed by atoms with van der Waals surface area (Å²) >= 11 is 0. The summed E-state index contributed by atoms with van der Waals surface area (Å²) in [5.41, 5.74) is 31.7. The van der Waals surface area contributed by atoms with Gasteiger partial charge in [0.15, 0.2) is 23.3 Å². The molecule has 0 saturated carbocycles. The van der Waals surface area contributed by atoms with Crippen LogP contribution in [0.5, 0.6) is 0 Å². The summed E-state index contributed by atoms with van der Waals surface area (Å²) in [5.74, 6) is 1.30. The first-order chi connectivity index (χ1) is 73.7. The molecule has 0 atom stereocenters. The molecule has 4 aliphatic rings. The van der Waals surface area contributed by atoms with Crippen LogP contribution in [0, 0.1) is 23.3 Å². The Bertz CT molecular complexity index is 9130. The second-order valence-corrected chi connectivity index (χ2v) is 38.8. The van der Waals surface area contributed by atoms with Gasteiger partial charge in [0, 0.05) is 180 Å². The molecule has 28 rings (SSSR count). The van der Waals surface area contributed by atoms with Gasteiger partial charge in [0.25, 0.3) is 0 Å². The van der Waals surface area contributed by atoms with E-state index in [-0.39, 0.29) is 29.4 Å². The molecule has 9 N–H and O–H groups in total. The predicted octanol–water partition coefficient (Wildman–Crippen LogP) is 23.2. The third kappa shape index (κ3) is 19.6. The van der Waals surface area contributed by atoms with E-state index in [0.717, 1.165) is 280 Å². The molecule has 29 nitrogen and oxygen atoms in total. The molecule has 4 aliphatic heterocycles. The monoisotopic (exact) mass is 1990 g/mol. The third-order valence-corrected chi connectivity index (χ3v) is 28.6. The van der Waals surface area contributed by atoms with Crippen molar-refractivity contribution in [2.24, 2.45) is 0 Å². The number of aromatic nitrogens is 24. The highest BCUT2D eigenvalue weighted by molar-refractivity contribution is 6.03. The summed E-state index contributed by atoms with van der Waals surface area (Å²) in [7, 11) is 0. The number of nitrogens with one attached hydrogen (secondary N) is 8. The van der Waals surface area contributed by atoms with Gasteiger partial charge in [0.1, 0.15) is 46.0 Å². The van der Waals surface area contributed by atoms with Gasteiger partial charge in [0.2, 0.25) is 0 Å². The van der Waals surface area contributed by atoms with Crippen molar-refractivity contribution >= 4 is 87.7 Å². The van der Waals surface area contributed by atoms with E-state index >= 15 is 0 Å². The summed E-state index contributed by atoms with van der Waals surface area (Å²) in [6, 6.07) is 59.6. The lowest BCUT2D eigenvalue weighted by atomic mass is 10.0. The predicted molar refractivity (Wildman–Crippen MR) is 574 cm³/mol. The molecule has 20 heterocycles. The molecule has 24 aromatic rings. The largest absolute Gasteiger partial charge is 0.393 e. The number of rotatable bonds is 20. The Balaban J connectivity index is 0.000000104. The molecule has 0 radical (unpaired) electrons. The molecule has 4 fully saturated rings. The normalized spacial score (nSPS) is 14.4. The summed E-state index contributed by atoms with van der Waals surface area (Å²) in [4.78, 5) is 78.1. The van der Waals surface area contributed by atoms with E-state index in [1.165, 1.54) is 104 Å². The number of pyridine rings is 8. The van der Waals surface area contributed by atoms with Gasteiger partial charge in [-0.2, -0.15) is 20.4 Å². The lowest BCUT2D eigenvalue weighted by molar-refractivity contribution is 0.0792. The van der Waals surface area contributed by atoms with Crippen LogP contribution in [0.3, 0.4) is 0 Å². The number of hydrogen-bond acceptors (Lipinski definition) is 21. The first-order valence-corrected chi connectivity index (χ1v) is 50.4. The number of aromatic amines is 8. The van der Waals surface area contributed by atoms with E-state index in [1.54, 1.807) is 73.8 Å². The van der Waals surface area contributed by atoms with Crippen molar-refractivity contribution in [1.29, 1.82) is 0 Å². The Hall–Kier alpha value is -17.8. The second-order valence-electron chi connectivity index (χ2n) is 38.8. The molecule has 33 heteroatoms. The molecule has 0 bridgehead atoms. The highest BCUT2D eigenvalue weighted by Gasteiger charge is 2.27. The lowest BCUT2D eigenvalue weighted by Crippen LogP contribution is -2.36. The number of aliphatic hydroxyl groups excluding tert-OH is 1. The van der Waals surface area contributed by atoms with Crippen LogP contribution in [-0.4, -0.2) is 204 Å². The molecule has 0 spiro atoms. The lowest BCUT2D eigenvalue weighted by Gasteiger charge is -2.30. The Morgan fingerprint density at radius 2 is 0.493 bits per heavy atom. The van der Waals surface area contributed by atoms with Gasteiger partial charge in [-0.1, -0.05) is 79.2 Å². The van der Waals surface area contributed by atoms with Crippen LogP contribution in [0.15, 0.2) is 293 Å². The van der Waals surface area contributed by atoms with Crippen molar-refractivity contribution < 1.29 is 22.7 Å². The Morgan fingerprint density at radius 3 is 0.753 bits per heavy atom. The Morgan fingerprint density at radius 1 is 0.240 bits per heavy atom. The molecule has 0 aliphatic carbocycles. The number of halogens is 4. The van der Waals surface area contributed by atoms with Crippen LogP contribution in [0.4, 0.5) is 17.6 Å². The van der Waals surface area contributed by atoms with E-state index < -0.39 is 0 Å². The summed E-state index contributed by atoms with van der Waals surface area (Å²) in [5, 5.41) is 44.4. The van der Waals surface area contributed by atoms with Crippen molar-refractivity contribution in [3.8, 4) is 135 Å². The highest BCUT2D eigenvalue weighted by atomic mass is 19.1. The van der Waals surface area contributed by atoms with Crippen LogP contribution in [0.1, 0.15) is 73.6 Å². The minimum Gasteiger partial charge on any atom is -0.393 e. The molecule has 150 heavy (non-hydrogen) atoms. The van der Waals surface area contributed by atoms with Crippen LogP contribution in [0.2, 0.25) is 0 Å². The second kappa shape index (κ2) is 40.9. The quantitative estimate of drug-likeness (QED) is 0.0320. The maximum Gasteiger partial charge on any atom is 0.159 e. The molecular weight excluding hydrogens is 1890 g/mol. The zero-order valence-electron chi connectivity index (χ0n) is 81.3. The van der Waals surface area contributed by atoms with Gasteiger partial charge in [0.05, 0.1) is 97.1 Å². The maximum atomic E-state index is 13.9. The number of imidazole rings is 4. The molecule has 0 amide bonds. The Kier molecular flexibility index (Phi) is 25.5. The number of likely N-dealkylation sites (tertiary alicyclic amines) is 4. The molecule has 4 saturated heterocycles. The van der Waals surface area contributed by atoms with Crippen LogP contribution >= 0.6 is 0 Å². The Labute approximate surface area is 855 Å². The van der Waals surface area contributed by atoms with E-state index in [1.807, 2.05) is 98.1 Å². The number of aliphatic hydroxyl groups is 1. The summed E-state index contributed by atoms with van der Waals surface area (Å²) < 4.78 is 55.6. The summed E-state index contributed by atoms with van der Waals surface area (Å²) in [6.07, 6.45) is 38.3. The number of fused-ring (bicyclic) bond motifs is 8. The van der Waals surface area contributed by atoms with Crippen LogP contribution < -0.4 is 0 Å². The molecule has 0 unspecified atom stereocenters. The van der Waals surface area contributed by atoms with Gasteiger partial charge < -0.3 is 25.0 Å². The first kappa shape index (κ1) is 93.3. The van der Waals surface area contributed by atoms with Gasteiger partial charge in [-0.15, -0.1) is 0 Å². The van der Waals surface area contributed by atoms with Gasteiger partial charge in [-0.05, 0) is 272 Å². The molecular formula is C117H98F4N28O. The first-order valence-electron chi connectivity index (χ1n) is 50.4. The fourth-order valence-corrected chi connectivity index (χ4v) is 20.8. The number of piperidine rings is 2. The van der Waals surface area contributed by atoms with Crippen molar-refractivity contribution in [2.45, 2.75) is 83.6 Å². The van der Waals surface area contributed by atoms with E-state index in [9.17, 15) is 22.7 Å². The minimum atomic E-state index is -0.306. The fourth-order valence-electron chi connectivity index (χ4n) is 20.8. The smallest absolute Gasteiger partial charge is 0.159 e. The van der Waals surface area contributed by atoms with Gasteiger partial charge in [-0.25, -0.2) is 37.5 Å². The topological polar surface area (TPSA) is 366 Å². The zero-order valence-corrected chi connectivity index (χ0v) is 81.3. The van der Waals surface area contributed by atoms with Crippen molar-refractivity contribution in [3.63, 3.8) is 0 Å². The van der Waals surface area contributed by atoms with E-state index in [2.05, 4.69) is 193 Å². The average molecular weight is 1990 g/mol. The average Bonchev–Trinajstić information content (AvgIpc) is 1.63. The van der Waals surface area contributed by atoms with Crippen molar-refractivity contribution in [2.75, 3.05) is 52.4 Å². The fraction of sp³-hybridized carbons (Fsp3) is 0.179. The molecule has 740 valence electrons. The molecule has 8 aromatic carbocycles. The van der Waals surface area contributed by atoms with Crippen LogP contribution in [-0.2, 0) is 26.2 Å². The number of hydrogen-bond donors (Lipinski definition) is 9. The van der Waals surface area contributed by atoms with Gasteiger partial charge >= 0.3 is 0 Å². The van der Waals surface area contributed by atoms with E-state index in [0.29, 0.717) is 40.1 Å². The van der Waals surface area contributed by atoms with E-state index in [4.69, 9.17) is 19.9 Å². The number of H-pyrrole nitrogens is 8. The van der Waals surface area contributed by atoms with Crippen LogP contribution in [0.25, 0.3) is 223 Å². The number of nitrogens with zero attached hydrogens (tertiary/aromatic N) is 20. The molecule has 16 aromatic heterocycles. The third-order valence-electron chi connectivity index (χ3n) is 28.6. The van der Waals surface area contributed by atoms with Crippen molar-refractivity contribution in [3.05, 3.63) is 339 Å². The standard InChI is InChI=1S/C30H26FN7O.C30H26FN7.C29H24FN7.C28H22FN7/c31-22-3-1-2-20(11-22)25-15-33-16-27-28(25)35-30(34-27)29-24-12-19(4-5-26(24)36-37-29)21-10-18(13-32-14-21)17-38-8-6-23(39)7-9-38;31-23-6-4-5-21(12-23)25-16-33-17-27-28(25)35-30(34-27)29-24-13-20(7-8-26(24)36-37-29)22-11-19(14-32-15-22)18-38-9-2-1-3-10-38;30-22-5-3-4-20(11-22)24-15-32-16-26-27(24)34-29(33-26)28-23-12-19(6-7-25(23)35-36-28)21-10-18(13-31-14-21)17-37-8-1-2-9-37;29-21-4-1-3-19(10-21)23-14-31-15-25-26(23)33-28(32-25)27-22-11-18(5-6-24(22)34-35-27)20-9-17(12-30-13-20)16-36-7-2-8-36/h1-5,10-16,23,39H,6-9,17H2,(H,34,35)(H,36,37);4-8,11-17H,1-3,9-10,18H2,(H,34,35)(H,36,37);3-7,10-16H,1-2,8-9,17H2,(H,33,34)(H,35,36);1,3-6,9-15H,2,7-8,16H2,(H,32,33)(H,34,35). The summed E-state index contributed by atoms with van der Waals surface area (Å²) in [6.45, 7) is 12.3.